The number of nitrogens with two attached hydrogens (primary N) is 1. The molecule has 0 aromatic carbocycles. The average molecular weight is 186 g/mol. The second kappa shape index (κ2) is 4.61. The number of hydrogen-bond acceptors (Lipinski definition) is 2. The first-order valence-electron chi connectivity index (χ1n) is 4.94. The molecule has 3 heteroatoms. The van der Waals surface area contributed by atoms with E-state index in [0.717, 1.165) is 13.0 Å². The lowest BCUT2D eigenvalue weighted by Gasteiger charge is -2.32. The minimum Gasteiger partial charge on any atom is -0.339 e. The van der Waals surface area contributed by atoms with Gasteiger partial charge in [0.2, 0.25) is 5.91 Å². The van der Waals surface area contributed by atoms with E-state index >= 15 is 0 Å². The molecule has 0 radical (unpaired) electrons. The van der Waals surface area contributed by atoms with E-state index in [2.05, 4.69) is 6.92 Å². The van der Waals surface area contributed by atoms with Gasteiger partial charge in [0.15, 0.2) is 0 Å². The van der Waals surface area contributed by atoms with Crippen molar-refractivity contribution in [2.45, 2.75) is 52.6 Å². The van der Waals surface area contributed by atoms with Crippen LogP contribution >= 0.6 is 0 Å². The molecule has 0 aliphatic carbocycles. The summed E-state index contributed by atoms with van der Waals surface area (Å²) in [5.41, 5.74) is 5.01. The van der Waals surface area contributed by atoms with Crippen molar-refractivity contribution in [3.8, 4) is 0 Å². The summed E-state index contributed by atoms with van der Waals surface area (Å²) in [5.74, 6) is 0.0318. The molecular formula is C10H22N2O. The van der Waals surface area contributed by atoms with E-state index in [-0.39, 0.29) is 11.9 Å². The molecule has 0 aromatic rings. The fraction of sp³-hybridized carbons (Fsp3) is 0.900. The molecule has 0 aromatic heterocycles. The van der Waals surface area contributed by atoms with E-state index in [9.17, 15) is 4.79 Å². The number of rotatable bonds is 4. The van der Waals surface area contributed by atoms with Crippen molar-refractivity contribution < 1.29 is 4.79 Å². The highest BCUT2D eigenvalue weighted by Crippen LogP contribution is 2.10. The Kier molecular flexibility index (Phi) is 4.40. The lowest BCUT2D eigenvalue weighted by molar-refractivity contribution is -0.137. The monoisotopic (exact) mass is 186 g/mol. The van der Waals surface area contributed by atoms with Crippen molar-refractivity contribution in [3.63, 3.8) is 0 Å². The van der Waals surface area contributed by atoms with E-state index in [4.69, 9.17) is 5.73 Å². The molecule has 1 atom stereocenters. The van der Waals surface area contributed by atoms with Gasteiger partial charge in [-0.25, -0.2) is 0 Å². The maximum Gasteiger partial charge on any atom is 0.242 e. The Morgan fingerprint density at radius 3 is 2.15 bits per heavy atom. The predicted molar refractivity (Wildman–Crippen MR) is 55.4 cm³/mol. The lowest BCUT2D eigenvalue weighted by Crippen LogP contribution is -2.53. The Morgan fingerprint density at radius 1 is 1.46 bits per heavy atom. The third-order valence-corrected chi connectivity index (χ3v) is 2.28. The second-order valence-corrected chi connectivity index (χ2v) is 4.07. The van der Waals surface area contributed by atoms with Gasteiger partial charge in [-0.2, -0.15) is 0 Å². The molecule has 78 valence electrons. The van der Waals surface area contributed by atoms with Crippen molar-refractivity contribution in [1.82, 2.24) is 4.90 Å². The van der Waals surface area contributed by atoms with Crippen LogP contribution in [0.5, 0.6) is 0 Å². The van der Waals surface area contributed by atoms with Crippen LogP contribution in [0.4, 0.5) is 0 Å². The molecule has 1 unspecified atom stereocenters. The molecular weight excluding hydrogens is 164 g/mol. The molecule has 0 bridgehead atoms. The largest absolute Gasteiger partial charge is 0.339 e. The quantitative estimate of drug-likeness (QED) is 0.720. The Hall–Kier alpha value is -0.570. The standard InChI is InChI=1S/C10H22N2O/c1-6-8(3)12(7-2)9(13)10(4,5)11/h8H,6-7,11H2,1-5H3. The molecule has 0 aliphatic rings. The summed E-state index contributed by atoms with van der Waals surface area (Å²) < 4.78 is 0. The summed E-state index contributed by atoms with van der Waals surface area (Å²) in [4.78, 5) is 13.6. The maximum atomic E-state index is 11.8. The van der Waals surface area contributed by atoms with Gasteiger partial charge < -0.3 is 10.6 Å². The van der Waals surface area contributed by atoms with Gasteiger partial charge in [-0.3, -0.25) is 4.79 Å². The van der Waals surface area contributed by atoms with Gasteiger partial charge in [0.25, 0.3) is 0 Å². The summed E-state index contributed by atoms with van der Waals surface area (Å²) in [6.07, 6.45) is 0.968. The second-order valence-electron chi connectivity index (χ2n) is 4.07. The molecule has 2 N–H and O–H groups in total. The van der Waals surface area contributed by atoms with Crippen LogP contribution < -0.4 is 5.73 Å². The van der Waals surface area contributed by atoms with Crippen molar-refractivity contribution in [1.29, 1.82) is 0 Å². The van der Waals surface area contributed by atoms with Crippen LogP contribution in [0.2, 0.25) is 0 Å². The zero-order valence-corrected chi connectivity index (χ0v) is 9.42. The van der Waals surface area contributed by atoms with Gasteiger partial charge in [0.1, 0.15) is 0 Å². The normalized spacial score (nSPS) is 14.0. The lowest BCUT2D eigenvalue weighted by atomic mass is 10.0. The number of amides is 1. The minimum atomic E-state index is -0.751. The molecule has 0 saturated heterocycles. The minimum absolute atomic E-state index is 0.0318. The molecule has 0 heterocycles. The van der Waals surface area contributed by atoms with Crippen molar-refractivity contribution >= 4 is 5.91 Å². The molecule has 3 nitrogen and oxygen atoms in total. The molecule has 0 saturated carbocycles. The van der Waals surface area contributed by atoms with Gasteiger partial charge in [0.05, 0.1) is 5.54 Å². The van der Waals surface area contributed by atoms with E-state index in [1.807, 2.05) is 18.7 Å². The van der Waals surface area contributed by atoms with Gasteiger partial charge in [-0.05, 0) is 34.1 Å². The van der Waals surface area contributed by atoms with Gasteiger partial charge in [0, 0.05) is 12.6 Å². The van der Waals surface area contributed by atoms with Crippen LogP contribution in [0, 0.1) is 0 Å². The van der Waals surface area contributed by atoms with Crippen LogP contribution in [0.15, 0.2) is 0 Å². The topological polar surface area (TPSA) is 46.3 Å². The predicted octanol–water partition coefficient (Wildman–Crippen LogP) is 1.37. The molecule has 0 spiro atoms. The van der Waals surface area contributed by atoms with Crippen molar-refractivity contribution in [3.05, 3.63) is 0 Å². The highest BCUT2D eigenvalue weighted by Gasteiger charge is 2.28. The van der Waals surface area contributed by atoms with Crippen LogP contribution in [0.25, 0.3) is 0 Å². The average Bonchev–Trinajstić information content (AvgIpc) is 2.03. The molecule has 0 fully saturated rings. The molecule has 13 heavy (non-hydrogen) atoms. The zero-order chi connectivity index (χ0) is 10.6. The van der Waals surface area contributed by atoms with Crippen LogP contribution in [-0.4, -0.2) is 28.9 Å². The highest BCUT2D eigenvalue weighted by molar-refractivity contribution is 5.85. The van der Waals surface area contributed by atoms with Crippen LogP contribution in [0.1, 0.15) is 41.0 Å². The molecule has 0 rings (SSSR count). The Balaban J connectivity index is 4.50. The molecule has 0 aliphatic heterocycles. The number of carbonyl (C=O) groups is 1. The fourth-order valence-electron chi connectivity index (χ4n) is 1.25. The number of nitrogens with zero attached hydrogens (tertiary/aromatic N) is 1. The first-order chi connectivity index (χ1) is 5.84. The number of likely N-dealkylation sites (N-methyl/N-ethyl adjacent to an activating group) is 1. The Bertz CT molecular complexity index is 172. The van der Waals surface area contributed by atoms with Gasteiger partial charge in [-0.1, -0.05) is 6.92 Å². The fourth-order valence-corrected chi connectivity index (χ4v) is 1.25. The van der Waals surface area contributed by atoms with Crippen LogP contribution in [0.3, 0.4) is 0 Å². The van der Waals surface area contributed by atoms with Gasteiger partial charge in [-0.15, -0.1) is 0 Å². The SMILES string of the molecule is CCC(C)N(CC)C(=O)C(C)(C)N. The summed E-state index contributed by atoms with van der Waals surface area (Å²) in [6.45, 7) is 10.3. The number of carbonyl (C=O) groups excluding carboxylic acids is 1. The third-order valence-electron chi connectivity index (χ3n) is 2.28. The highest BCUT2D eigenvalue weighted by atomic mass is 16.2. The van der Waals surface area contributed by atoms with Gasteiger partial charge >= 0.3 is 0 Å². The Morgan fingerprint density at radius 2 is 1.92 bits per heavy atom. The first kappa shape index (κ1) is 12.4. The van der Waals surface area contributed by atoms with Crippen molar-refractivity contribution in [2.75, 3.05) is 6.54 Å². The van der Waals surface area contributed by atoms with E-state index in [1.165, 1.54) is 0 Å². The smallest absolute Gasteiger partial charge is 0.242 e. The maximum absolute atomic E-state index is 11.8. The van der Waals surface area contributed by atoms with Crippen molar-refractivity contribution in [2.24, 2.45) is 5.73 Å². The third kappa shape index (κ3) is 3.35. The first-order valence-corrected chi connectivity index (χ1v) is 4.94. The zero-order valence-electron chi connectivity index (χ0n) is 9.42. The van der Waals surface area contributed by atoms with E-state index in [0.29, 0.717) is 0 Å². The summed E-state index contributed by atoms with van der Waals surface area (Å²) in [6, 6.07) is 0.278. The van der Waals surface area contributed by atoms with Crippen LogP contribution in [-0.2, 0) is 4.79 Å². The summed E-state index contributed by atoms with van der Waals surface area (Å²) >= 11 is 0. The summed E-state index contributed by atoms with van der Waals surface area (Å²) in [5, 5.41) is 0. The molecule has 1 amide bonds. The number of hydrogen-bond donors (Lipinski definition) is 1. The van der Waals surface area contributed by atoms with E-state index < -0.39 is 5.54 Å². The van der Waals surface area contributed by atoms with E-state index in [1.54, 1.807) is 13.8 Å². The Labute approximate surface area is 81.3 Å². The summed E-state index contributed by atoms with van der Waals surface area (Å²) in [7, 11) is 0.